The summed E-state index contributed by atoms with van der Waals surface area (Å²) in [5.41, 5.74) is 13.6. The molecule has 0 aromatic heterocycles. The lowest BCUT2D eigenvalue weighted by atomic mass is 9.88. The van der Waals surface area contributed by atoms with Gasteiger partial charge in [-0.1, -0.05) is 43.2 Å². The van der Waals surface area contributed by atoms with Gasteiger partial charge in [-0.3, -0.25) is 15.2 Å². The largest absolute Gasteiger partial charge is 0.457 e. The Morgan fingerprint density at radius 3 is 2.44 bits per heavy atom. The Balaban J connectivity index is 1.59. The molecule has 0 radical (unpaired) electrons. The third kappa shape index (κ3) is 4.18. The van der Waals surface area contributed by atoms with Crippen molar-refractivity contribution in [3.8, 4) is 11.5 Å². The Labute approximate surface area is 198 Å². The molecule has 1 amide bonds. The molecule has 7 heteroatoms. The summed E-state index contributed by atoms with van der Waals surface area (Å²) >= 11 is 0. The molecule has 1 saturated carbocycles. The molecular formula is C27H27N5O2. The molecule has 1 atom stereocenters. The summed E-state index contributed by atoms with van der Waals surface area (Å²) in [5.74, 6) is 7.32. The van der Waals surface area contributed by atoms with Crippen molar-refractivity contribution in [2.75, 3.05) is 0 Å². The van der Waals surface area contributed by atoms with E-state index >= 15 is 0 Å². The lowest BCUT2D eigenvalue weighted by molar-refractivity contribution is -0.116. The van der Waals surface area contributed by atoms with E-state index in [1.165, 1.54) is 24.5 Å². The van der Waals surface area contributed by atoms with Gasteiger partial charge in [-0.25, -0.2) is 10.8 Å². The molecule has 1 heterocycles. The van der Waals surface area contributed by atoms with Crippen molar-refractivity contribution < 1.29 is 9.53 Å². The first-order valence-electron chi connectivity index (χ1n) is 11.5. The van der Waals surface area contributed by atoms with Crippen LogP contribution in [-0.2, 0) is 4.79 Å². The average molecular weight is 454 g/mol. The molecule has 7 nitrogen and oxygen atoms in total. The molecule has 0 bridgehead atoms. The Bertz CT molecular complexity index is 1230. The average Bonchev–Trinajstić information content (AvgIpc) is 3.50. The van der Waals surface area contributed by atoms with Gasteiger partial charge in [0, 0.05) is 11.6 Å². The second-order valence-electron chi connectivity index (χ2n) is 8.60. The van der Waals surface area contributed by atoms with Gasteiger partial charge in [0.1, 0.15) is 29.7 Å². The van der Waals surface area contributed by atoms with Crippen LogP contribution < -0.4 is 21.7 Å². The van der Waals surface area contributed by atoms with E-state index in [0.29, 0.717) is 11.8 Å². The van der Waals surface area contributed by atoms with E-state index in [9.17, 15) is 4.79 Å². The van der Waals surface area contributed by atoms with Crippen LogP contribution in [-0.4, -0.2) is 24.1 Å². The molecule has 0 saturated heterocycles. The minimum Gasteiger partial charge on any atom is -0.457 e. The van der Waals surface area contributed by atoms with Crippen molar-refractivity contribution in [1.29, 1.82) is 0 Å². The summed E-state index contributed by atoms with van der Waals surface area (Å²) in [7, 11) is 0. The number of ether oxygens (including phenoxy) is 1. The van der Waals surface area contributed by atoms with Crippen LogP contribution >= 0.6 is 0 Å². The number of carbonyl (C=O) groups is 1. The molecule has 34 heavy (non-hydrogen) atoms. The molecular weight excluding hydrogens is 426 g/mol. The summed E-state index contributed by atoms with van der Waals surface area (Å²) in [6.07, 6.45) is 9.42. The number of rotatable bonds is 6. The van der Waals surface area contributed by atoms with E-state index in [2.05, 4.69) is 10.4 Å². The number of amidine groups is 1. The van der Waals surface area contributed by atoms with E-state index < -0.39 is 0 Å². The molecule has 1 aliphatic heterocycles. The zero-order valence-corrected chi connectivity index (χ0v) is 18.8. The number of fused-ring (bicyclic) bond motifs is 1. The quantitative estimate of drug-likeness (QED) is 0.265. The normalized spacial score (nSPS) is 20.1. The molecule has 2 aromatic rings. The highest BCUT2D eigenvalue weighted by atomic mass is 16.5. The Hall–Kier alpha value is -3.97. The number of nitrogens with zero attached hydrogens (tertiary/aromatic N) is 2. The van der Waals surface area contributed by atoms with Crippen molar-refractivity contribution in [3.05, 3.63) is 89.0 Å². The van der Waals surface area contributed by atoms with Crippen molar-refractivity contribution in [2.45, 2.75) is 31.7 Å². The molecule has 2 aromatic carbocycles. The number of hydrazine groups is 1. The summed E-state index contributed by atoms with van der Waals surface area (Å²) in [5, 5.41) is 0. The molecule has 5 N–H and O–H groups in total. The number of carbonyl (C=O) groups excluding carboxylic acids is 1. The molecule has 1 fully saturated rings. The van der Waals surface area contributed by atoms with Crippen molar-refractivity contribution in [2.24, 2.45) is 27.5 Å². The maximum Gasteiger partial charge on any atom is 0.257 e. The summed E-state index contributed by atoms with van der Waals surface area (Å²) in [4.78, 5) is 21.0. The molecule has 2 aliphatic carbocycles. The van der Waals surface area contributed by atoms with Crippen LogP contribution in [0.5, 0.6) is 11.5 Å². The second-order valence-corrected chi connectivity index (χ2v) is 8.60. The fourth-order valence-electron chi connectivity index (χ4n) is 5.08. The monoisotopic (exact) mass is 453 g/mol. The van der Waals surface area contributed by atoms with Crippen LogP contribution in [0.25, 0.3) is 5.57 Å². The first-order chi connectivity index (χ1) is 16.7. The number of aliphatic imine (C=N–C) groups is 2. The molecule has 5 rings (SSSR count). The predicted octanol–water partition coefficient (Wildman–Crippen LogP) is 4.05. The number of amides is 1. The number of nitrogens with two attached hydrogens (primary N) is 2. The number of allylic oxidation sites excluding steroid dienone is 3. The third-order valence-corrected chi connectivity index (χ3v) is 6.57. The third-order valence-electron chi connectivity index (χ3n) is 6.57. The highest BCUT2D eigenvalue weighted by molar-refractivity contribution is 6.14. The highest BCUT2D eigenvalue weighted by Gasteiger charge is 2.40. The van der Waals surface area contributed by atoms with Gasteiger partial charge in [-0.05, 0) is 71.4 Å². The summed E-state index contributed by atoms with van der Waals surface area (Å²) in [6.45, 7) is 0. The smallest absolute Gasteiger partial charge is 0.257 e. The van der Waals surface area contributed by atoms with Crippen LogP contribution in [0.1, 0.15) is 31.2 Å². The van der Waals surface area contributed by atoms with E-state index in [1.807, 2.05) is 60.7 Å². The maximum absolute atomic E-state index is 12.0. The number of hydrogen-bond acceptors (Lipinski definition) is 6. The fourth-order valence-corrected chi connectivity index (χ4v) is 5.08. The van der Waals surface area contributed by atoms with E-state index in [1.54, 1.807) is 6.34 Å². The Kier molecular flexibility index (Phi) is 6.10. The lowest BCUT2D eigenvalue weighted by Crippen LogP contribution is -2.28. The van der Waals surface area contributed by atoms with Crippen LogP contribution in [0.2, 0.25) is 0 Å². The maximum atomic E-state index is 12.0. The fraction of sp³-hybridized carbons (Fsp3) is 0.222. The van der Waals surface area contributed by atoms with Gasteiger partial charge in [-0.2, -0.15) is 0 Å². The summed E-state index contributed by atoms with van der Waals surface area (Å²) < 4.78 is 5.97. The van der Waals surface area contributed by atoms with Crippen LogP contribution in [0.4, 0.5) is 0 Å². The number of hydrogen-bond donors (Lipinski definition) is 3. The van der Waals surface area contributed by atoms with Gasteiger partial charge in [0.2, 0.25) is 0 Å². The zero-order chi connectivity index (χ0) is 23.5. The molecule has 172 valence electrons. The first kappa shape index (κ1) is 21.9. The van der Waals surface area contributed by atoms with Crippen molar-refractivity contribution >= 4 is 23.7 Å². The van der Waals surface area contributed by atoms with Gasteiger partial charge in [-0.15, -0.1) is 0 Å². The van der Waals surface area contributed by atoms with Crippen LogP contribution in [0.3, 0.4) is 0 Å². The first-order valence-corrected chi connectivity index (χ1v) is 11.5. The van der Waals surface area contributed by atoms with Gasteiger partial charge >= 0.3 is 0 Å². The van der Waals surface area contributed by atoms with E-state index in [0.717, 1.165) is 46.6 Å². The summed E-state index contributed by atoms with van der Waals surface area (Å²) in [6, 6.07) is 17.4. The predicted molar refractivity (Wildman–Crippen MR) is 134 cm³/mol. The standard InChI is InChI=1S/C27H27N5O2/c28-27-25-23(18-10-12-20(13-11-18)34-19-8-2-1-3-9-19)21(14-15-22(33)32-29)24(17-6-4-5-7-17)26(25)30-16-31-27/h1-3,8-17,26H,4-7,29H2,(H,32,33)(H2,28,30,31)/b15-14+. The molecule has 1 unspecified atom stereocenters. The number of nitrogens with one attached hydrogen (secondary N) is 1. The molecule has 0 spiro atoms. The van der Waals surface area contributed by atoms with Gasteiger partial charge in [0.05, 0.1) is 0 Å². The van der Waals surface area contributed by atoms with E-state index in [-0.39, 0.29) is 11.9 Å². The van der Waals surface area contributed by atoms with Gasteiger partial charge in [0.25, 0.3) is 5.91 Å². The minimum absolute atomic E-state index is 0.184. The Morgan fingerprint density at radius 2 is 1.74 bits per heavy atom. The molecule has 3 aliphatic rings. The van der Waals surface area contributed by atoms with Gasteiger partial charge < -0.3 is 10.5 Å². The number of benzene rings is 2. The van der Waals surface area contributed by atoms with Crippen molar-refractivity contribution in [1.82, 2.24) is 5.43 Å². The van der Waals surface area contributed by atoms with Crippen LogP contribution in [0, 0.1) is 5.92 Å². The highest BCUT2D eigenvalue weighted by Crippen LogP contribution is 2.48. The zero-order valence-electron chi connectivity index (χ0n) is 18.8. The minimum atomic E-state index is -0.366. The lowest BCUT2D eigenvalue weighted by Gasteiger charge is -2.22. The Morgan fingerprint density at radius 1 is 1.03 bits per heavy atom. The van der Waals surface area contributed by atoms with Crippen LogP contribution in [0.15, 0.2) is 93.5 Å². The SMILES string of the molecule is NNC(=O)/C=C/C1=C(C2CCCC2)C2N=CN=C(N)C2=C1c1ccc(Oc2ccccc2)cc1. The second kappa shape index (κ2) is 9.49. The van der Waals surface area contributed by atoms with Gasteiger partial charge in [0.15, 0.2) is 0 Å². The van der Waals surface area contributed by atoms with Crippen molar-refractivity contribution in [3.63, 3.8) is 0 Å². The van der Waals surface area contributed by atoms with E-state index in [4.69, 9.17) is 21.3 Å². The number of para-hydroxylation sites is 1. The topological polar surface area (TPSA) is 115 Å².